The molecule has 0 aliphatic rings. The van der Waals surface area contributed by atoms with Gasteiger partial charge in [0.25, 0.3) is 5.91 Å². The van der Waals surface area contributed by atoms with Crippen molar-refractivity contribution in [3.05, 3.63) is 59.7 Å². The van der Waals surface area contributed by atoms with Crippen molar-refractivity contribution >= 4 is 27.0 Å². The van der Waals surface area contributed by atoms with Gasteiger partial charge in [-0.1, -0.05) is 26.0 Å². The molecule has 1 amide bonds. The molecule has 1 heterocycles. The zero-order valence-corrected chi connectivity index (χ0v) is 17.3. The molecular formula is C20H23FN4O3S. The third kappa shape index (κ3) is 4.01. The van der Waals surface area contributed by atoms with Crippen molar-refractivity contribution in [2.45, 2.75) is 25.3 Å². The van der Waals surface area contributed by atoms with Gasteiger partial charge in [-0.2, -0.15) is 4.31 Å². The monoisotopic (exact) mass is 418 g/mol. The standard InChI is InChI=1S/C20H23FN4O3S/c1-4-25(5-2)29(27,28)18-12-14(10-11-15(18)21)20(26)22-13-19-23-16-8-6-7-9-17(16)24(19)3/h6-12H,4-5,13H2,1-3H3,(H,22,26). The Kier molecular flexibility index (Phi) is 5.99. The molecule has 0 bridgehead atoms. The van der Waals surface area contributed by atoms with Crippen LogP contribution in [0.5, 0.6) is 0 Å². The number of nitrogens with one attached hydrogen (secondary N) is 1. The molecule has 0 saturated heterocycles. The molecule has 0 radical (unpaired) electrons. The molecule has 0 unspecified atom stereocenters. The predicted octanol–water partition coefficient (Wildman–Crippen LogP) is 2.67. The lowest BCUT2D eigenvalue weighted by atomic mass is 10.2. The fourth-order valence-corrected chi connectivity index (χ4v) is 4.71. The van der Waals surface area contributed by atoms with E-state index in [1.807, 2.05) is 35.9 Å². The van der Waals surface area contributed by atoms with E-state index in [0.717, 1.165) is 27.5 Å². The van der Waals surface area contributed by atoms with Crippen LogP contribution in [0.25, 0.3) is 11.0 Å². The van der Waals surface area contributed by atoms with Crippen LogP contribution in [0.15, 0.2) is 47.4 Å². The van der Waals surface area contributed by atoms with E-state index < -0.39 is 26.6 Å². The first kappa shape index (κ1) is 20.9. The molecule has 154 valence electrons. The number of rotatable bonds is 7. The highest BCUT2D eigenvalue weighted by atomic mass is 32.2. The molecule has 0 aliphatic heterocycles. The van der Waals surface area contributed by atoms with Gasteiger partial charge >= 0.3 is 0 Å². The van der Waals surface area contributed by atoms with Crippen LogP contribution in [0.2, 0.25) is 0 Å². The van der Waals surface area contributed by atoms with Gasteiger partial charge in [0.15, 0.2) is 0 Å². The van der Waals surface area contributed by atoms with Crippen LogP contribution in [-0.4, -0.2) is 41.3 Å². The summed E-state index contributed by atoms with van der Waals surface area (Å²) in [5.74, 6) is -0.741. The quantitative estimate of drug-likeness (QED) is 0.639. The first-order valence-corrected chi connectivity index (χ1v) is 10.7. The molecule has 0 aliphatic carbocycles. The Morgan fingerprint density at radius 3 is 2.52 bits per heavy atom. The Morgan fingerprint density at radius 2 is 1.86 bits per heavy atom. The number of hydrogen-bond acceptors (Lipinski definition) is 4. The van der Waals surface area contributed by atoms with E-state index in [0.29, 0.717) is 5.82 Å². The first-order valence-electron chi connectivity index (χ1n) is 9.27. The molecule has 1 N–H and O–H groups in total. The number of amides is 1. The minimum absolute atomic E-state index is 0.0656. The third-order valence-electron chi connectivity index (χ3n) is 4.80. The molecular weight excluding hydrogens is 395 g/mol. The summed E-state index contributed by atoms with van der Waals surface area (Å²) in [5.41, 5.74) is 1.82. The average Bonchev–Trinajstić information content (AvgIpc) is 3.03. The first-order chi connectivity index (χ1) is 13.8. The second kappa shape index (κ2) is 8.30. The SMILES string of the molecule is CCN(CC)S(=O)(=O)c1cc(C(=O)NCc2nc3ccccc3n2C)ccc1F. The maximum absolute atomic E-state index is 14.2. The van der Waals surface area contributed by atoms with Crippen molar-refractivity contribution in [1.82, 2.24) is 19.2 Å². The lowest BCUT2D eigenvalue weighted by molar-refractivity contribution is 0.0949. The number of carbonyl (C=O) groups is 1. The Bertz CT molecular complexity index is 1150. The minimum atomic E-state index is -4.02. The number of para-hydroxylation sites is 2. The number of benzene rings is 2. The molecule has 2 aromatic carbocycles. The number of hydrogen-bond donors (Lipinski definition) is 1. The minimum Gasteiger partial charge on any atom is -0.345 e. The number of aromatic nitrogens is 2. The molecule has 29 heavy (non-hydrogen) atoms. The van der Waals surface area contributed by atoms with Gasteiger partial charge in [-0.05, 0) is 30.3 Å². The molecule has 0 fully saturated rings. The summed E-state index contributed by atoms with van der Waals surface area (Å²) in [6, 6.07) is 10.9. The average molecular weight is 418 g/mol. The number of imidazole rings is 1. The van der Waals surface area contributed by atoms with Crippen LogP contribution in [-0.2, 0) is 23.6 Å². The van der Waals surface area contributed by atoms with E-state index in [9.17, 15) is 17.6 Å². The van der Waals surface area contributed by atoms with Crippen molar-refractivity contribution in [3.8, 4) is 0 Å². The van der Waals surface area contributed by atoms with Gasteiger partial charge in [-0.3, -0.25) is 4.79 Å². The summed E-state index contributed by atoms with van der Waals surface area (Å²) in [6.45, 7) is 3.92. The van der Waals surface area contributed by atoms with E-state index in [1.54, 1.807) is 13.8 Å². The van der Waals surface area contributed by atoms with Gasteiger partial charge in [0.2, 0.25) is 10.0 Å². The van der Waals surface area contributed by atoms with E-state index in [4.69, 9.17) is 0 Å². The number of sulfonamides is 1. The zero-order valence-electron chi connectivity index (χ0n) is 16.5. The Hall–Kier alpha value is -2.78. The maximum atomic E-state index is 14.2. The Labute approximate surface area is 169 Å². The second-order valence-corrected chi connectivity index (χ2v) is 8.40. The van der Waals surface area contributed by atoms with Crippen LogP contribution in [0.4, 0.5) is 4.39 Å². The molecule has 3 rings (SSSR count). The second-order valence-electron chi connectivity index (χ2n) is 6.49. The number of fused-ring (bicyclic) bond motifs is 1. The molecule has 0 spiro atoms. The fraction of sp³-hybridized carbons (Fsp3) is 0.300. The fourth-order valence-electron chi connectivity index (χ4n) is 3.16. The number of aryl methyl sites for hydroxylation is 1. The smallest absolute Gasteiger partial charge is 0.251 e. The van der Waals surface area contributed by atoms with Crippen LogP contribution in [0.3, 0.4) is 0 Å². The van der Waals surface area contributed by atoms with E-state index in [1.165, 1.54) is 6.07 Å². The lowest BCUT2D eigenvalue weighted by Gasteiger charge is -2.19. The molecule has 3 aromatic rings. The topological polar surface area (TPSA) is 84.3 Å². The number of nitrogens with zero attached hydrogens (tertiary/aromatic N) is 3. The highest BCUT2D eigenvalue weighted by Gasteiger charge is 2.26. The van der Waals surface area contributed by atoms with Crippen molar-refractivity contribution in [2.24, 2.45) is 7.05 Å². The summed E-state index contributed by atoms with van der Waals surface area (Å²) in [6.07, 6.45) is 0. The maximum Gasteiger partial charge on any atom is 0.251 e. The van der Waals surface area contributed by atoms with E-state index in [-0.39, 0.29) is 25.2 Å². The van der Waals surface area contributed by atoms with Crippen LogP contribution >= 0.6 is 0 Å². The summed E-state index contributed by atoms with van der Waals surface area (Å²) < 4.78 is 42.6. The molecule has 7 nitrogen and oxygen atoms in total. The van der Waals surface area contributed by atoms with Gasteiger partial charge in [0, 0.05) is 25.7 Å². The summed E-state index contributed by atoms with van der Waals surface area (Å²) in [7, 11) is -2.17. The number of carbonyl (C=O) groups excluding carboxylic acids is 1. The van der Waals surface area contributed by atoms with Crippen LogP contribution < -0.4 is 5.32 Å². The van der Waals surface area contributed by atoms with E-state index >= 15 is 0 Å². The summed E-state index contributed by atoms with van der Waals surface area (Å²) in [5, 5.41) is 2.72. The largest absolute Gasteiger partial charge is 0.345 e. The molecule has 9 heteroatoms. The predicted molar refractivity (Wildman–Crippen MR) is 108 cm³/mol. The van der Waals surface area contributed by atoms with Crippen molar-refractivity contribution < 1.29 is 17.6 Å². The zero-order chi connectivity index (χ0) is 21.2. The van der Waals surface area contributed by atoms with Crippen LogP contribution in [0, 0.1) is 5.82 Å². The Balaban J connectivity index is 1.83. The van der Waals surface area contributed by atoms with Crippen molar-refractivity contribution in [2.75, 3.05) is 13.1 Å². The highest BCUT2D eigenvalue weighted by Crippen LogP contribution is 2.21. The van der Waals surface area contributed by atoms with Gasteiger partial charge in [-0.15, -0.1) is 0 Å². The van der Waals surface area contributed by atoms with Crippen LogP contribution in [0.1, 0.15) is 30.0 Å². The van der Waals surface area contributed by atoms with Gasteiger partial charge in [0.05, 0.1) is 17.6 Å². The van der Waals surface area contributed by atoms with Gasteiger partial charge in [0.1, 0.15) is 16.5 Å². The third-order valence-corrected chi connectivity index (χ3v) is 6.87. The van der Waals surface area contributed by atoms with Crippen molar-refractivity contribution in [1.29, 1.82) is 0 Å². The van der Waals surface area contributed by atoms with Crippen molar-refractivity contribution in [3.63, 3.8) is 0 Å². The normalized spacial score (nSPS) is 11.9. The van der Waals surface area contributed by atoms with Gasteiger partial charge in [-0.25, -0.2) is 17.8 Å². The molecule has 1 aromatic heterocycles. The van der Waals surface area contributed by atoms with E-state index in [2.05, 4.69) is 10.3 Å². The highest BCUT2D eigenvalue weighted by molar-refractivity contribution is 7.89. The molecule has 0 atom stereocenters. The molecule has 0 saturated carbocycles. The summed E-state index contributed by atoms with van der Waals surface area (Å²) >= 11 is 0. The van der Waals surface area contributed by atoms with Gasteiger partial charge < -0.3 is 9.88 Å². The lowest BCUT2D eigenvalue weighted by Crippen LogP contribution is -2.31. The Morgan fingerprint density at radius 1 is 1.17 bits per heavy atom. The number of halogens is 1. The summed E-state index contributed by atoms with van der Waals surface area (Å²) in [4.78, 5) is 16.5.